The molecule has 1 aromatic carbocycles. The van der Waals surface area contributed by atoms with E-state index in [4.69, 9.17) is 37.0 Å². The highest BCUT2D eigenvalue weighted by molar-refractivity contribution is 7.54. The first kappa shape index (κ1) is 28.9. The molecular formula is C23H38O10P2. The Bertz CT molecular complexity index is 880. The second-order valence-corrected chi connectivity index (χ2v) is 13.0. The van der Waals surface area contributed by atoms with E-state index in [1.54, 1.807) is 13.8 Å². The van der Waals surface area contributed by atoms with Gasteiger partial charge in [0.2, 0.25) is 0 Å². The first-order valence-corrected chi connectivity index (χ1v) is 15.7. The van der Waals surface area contributed by atoms with E-state index < -0.39 is 45.6 Å². The zero-order valence-corrected chi connectivity index (χ0v) is 22.9. The van der Waals surface area contributed by atoms with Gasteiger partial charge in [-0.2, -0.15) is 0 Å². The lowest BCUT2D eigenvalue weighted by Crippen LogP contribution is -2.37. The van der Waals surface area contributed by atoms with Crippen molar-refractivity contribution in [3.05, 3.63) is 35.9 Å². The molecule has 3 rings (SSSR count). The van der Waals surface area contributed by atoms with Crippen LogP contribution in [0.3, 0.4) is 0 Å². The largest absolute Gasteiger partial charge is 0.368 e. The van der Waals surface area contributed by atoms with Gasteiger partial charge in [-0.1, -0.05) is 30.3 Å². The predicted octanol–water partition coefficient (Wildman–Crippen LogP) is 4.96. The lowest BCUT2D eigenvalue weighted by atomic mass is 10.1. The Morgan fingerprint density at radius 3 is 2.31 bits per heavy atom. The number of ether oxygens (including phenoxy) is 4. The second-order valence-electron chi connectivity index (χ2n) is 8.80. The Morgan fingerprint density at radius 2 is 1.63 bits per heavy atom. The summed E-state index contributed by atoms with van der Waals surface area (Å²) in [5, 5.41) is 0. The predicted molar refractivity (Wildman–Crippen MR) is 129 cm³/mol. The van der Waals surface area contributed by atoms with Crippen LogP contribution in [0.25, 0.3) is 0 Å². The Labute approximate surface area is 207 Å². The normalized spacial score (nSPS) is 28.9. The SMILES string of the molecule is CCOP(C)(=O)OCCOP(=O)(CC[C@H]1O[C@@H]2OC(C)(C)OC2[C@H]1OCc1ccccc1)OCC. The molecule has 0 bridgehead atoms. The summed E-state index contributed by atoms with van der Waals surface area (Å²) in [4.78, 5) is 0. The number of fused-ring (bicyclic) bond motifs is 1. The molecule has 2 heterocycles. The van der Waals surface area contributed by atoms with Crippen molar-refractivity contribution in [1.82, 2.24) is 0 Å². The molecular weight excluding hydrogens is 498 g/mol. The van der Waals surface area contributed by atoms with Crippen LogP contribution < -0.4 is 0 Å². The summed E-state index contributed by atoms with van der Waals surface area (Å²) in [5.41, 5.74) is 1.02. The van der Waals surface area contributed by atoms with E-state index in [0.29, 0.717) is 13.0 Å². The van der Waals surface area contributed by atoms with Crippen LogP contribution in [0.4, 0.5) is 0 Å². The van der Waals surface area contributed by atoms with Crippen molar-refractivity contribution < 1.29 is 46.2 Å². The summed E-state index contributed by atoms with van der Waals surface area (Å²) in [7, 11) is -6.62. The maximum Gasteiger partial charge on any atom is 0.330 e. The number of hydrogen-bond donors (Lipinski definition) is 0. The molecule has 10 nitrogen and oxygen atoms in total. The fraction of sp³-hybridized carbons (Fsp3) is 0.739. The minimum Gasteiger partial charge on any atom is -0.368 e. The van der Waals surface area contributed by atoms with E-state index in [1.807, 2.05) is 44.2 Å². The molecule has 12 heteroatoms. The summed E-state index contributed by atoms with van der Waals surface area (Å²) in [6, 6.07) is 9.82. The summed E-state index contributed by atoms with van der Waals surface area (Å²) < 4.78 is 71.0. The Hall–Kier alpha value is -0.640. The third kappa shape index (κ3) is 8.71. The summed E-state index contributed by atoms with van der Waals surface area (Å²) in [6.45, 7) is 9.31. The third-order valence-electron chi connectivity index (χ3n) is 5.45. The molecule has 35 heavy (non-hydrogen) atoms. The number of benzene rings is 1. The van der Waals surface area contributed by atoms with Crippen molar-refractivity contribution >= 4 is 15.2 Å². The highest BCUT2D eigenvalue weighted by Gasteiger charge is 2.55. The fourth-order valence-electron chi connectivity index (χ4n) is 4.05. The van der Waals surface area contributed by atoms with Crippen LogP contribution in [0.5, 0.6) is 0 Å². The van der Waals surface area contributed by atoms with E-state index in [9.17, 15) is 9.13 Å². The summed E-state index contributed by atoms with van der Waals surface area (Å²) >= 11 is 0. The summed E-state index contributed by atoms with van der Waals surface area (Å²) in [5.74, 6) is -0.779. The first-order chi connectivity index (χ1) is 16.6. The molecule has 2 saturated heterocycles. The van der Waals surface area contributed by atoms with Gasteiger partial charge in [-0.15, -0.1) is 0 Å². The maximum atomic E-state index is 13.3. The molecule has 2 aliphatic heterocycles. The quantitative estimate of drug-likeness (QED) is 0.225. The second kappa shape index (κ2) is 12.7. The van der Waals surface area contributed by atoms with Crippen molar-refractivity contribution in [2.24, 2.45) is 0 Å². The van der Waals surface area contributed by atoms with Gasteiger partial charge in [0.1, 0.15) is 12.2 Å². The zero-order chi connectivity index (χ0) is 25.5. The maximum absolute atomic E-state index is 13.3. The van der Waals surface area contributed by atoms with E-state index in [-0.39, 0.29) is 32.6 Å². The molecule has 3 unspecified atom stereocenters. The highest BCUT2D eigenvalue weighted by atomic mass is 31.2. The van der Waals surface area contributed by atoms with Crippen LogP contribution in [0.2, 0.25) is 0 Å². The molecule has 0 aliphatic carbocycles. The van der Waals surface area contributed by atoms with Crippen LogP contribution in [0.1, 0.15) is 39.7 Å². The van der Waals surface area contributed by atoms with Crippen LogP contribution in [0.15, 0.2) is 30.3 Å². The van der Waals surface area contributed by atoms with Crippen LogP contribution >= 0.6 is 15.2 Å². The van der Waals surface area contributed by atoms with E-state index in [1.165, 1.54) is 6.66 Å². The Kier molecular flexibility index (Phi) is 10.5. The van der Waals surface area contributed by atoms with Crippen molar-refractivity contribution in [2.45, 2.75) is 71.1 Å². The van der Waals surface area contributed by atoms with Gasteiger partial charge in [0.05, 0.1) is 45.3 Å². The Balaban J connectivity index is 1.58. The average Bonchev–Trinajstić information content (AvgIpc) is 3.26. The molecule has 2 fully saturated rings. The van der Waals surface area contributed by atoms with Crippen molar-refractivity contribution in [3.63, 3.8) is 0 Å². The van der Waals surface area contributed by atoms with Gasteiger partial charge < -0.3 is 37.0 Å². The monoisotopic (exact) mass is 536 g/mol. The third-order valence-corrected chi connectivity index (χ3v) is 8.86. The molecule has 2 aliphatic rings. The van der Waals surface area contributed by atoms with Crippen molar-refractivity contribution in [2.75, 3.05) is 39.3 Å². The molecule has 0 aromatic heterocycles. The molecule has 0 spiro atoms. The molecule has 0 radical (unpaired) electrons. The van der Waals surface area contributed by atoms with Crippen LogP contribution in [-0.2, 0) is 52.8 Å². The van der Waals surface area contributed by atoms with E-state index >= 15 is 0 Å². The topological polar surface area (TPSA) is 108 Å². The van der Waals surface area contributed by atoms with Gasteiger partial charge >= 0.3 is 15.2 Å². The van der Waals surface area contributed by atoms with Crippen LogP contribution in [0, 0.1) is 0 Å². The van der Waals surface area contributed by atoms with Crippen LogP contribution in [-0.4, -0.2) is 69.6 Å². The number of hydrogen-bond acceptors (Lipinski definition) is 10. The first-order valence-electron chi connectivity index (χ1n) is 12.0. The van der Waals surface area contributed by atoms with E-state index in [0.717, 1.165) is 5.56 Å². The highest BCUT2D eigenvalue weighted by Crippen LogP contribution is 2.51. The van der Waals surface area contributed by atoms with Gasteiger partial charge in [0, 0.05) is 6.66 Å². The molecule has 0 saturated carbocycles. The molecule has 0 N–H and O–H groups in total. The Morgan fingerprint density at radius 1 is 0.943 bits per heavy atom. The lowest BCUT2D eigenvalue weighted by Gasteiger charge is -2.27. The summed E-state index contributed by atoms with van der Waals surface area (Å²) in [6.07, 6.45) is -1.37. The zero-order valence-electron chi connectivity index (χ0n) is 21.1. The van der Waals surface area contributed by atoms with Gasteiger partial charge in [0.15, 0.2) is 12.1 Å². The lowest BCUT2D eigenvalue weighted by molar-refractivity contribution is -0.219. The smallest absolute Gasteiger partial charge is 0.330 e. The van der Waals surface area contributed by atoms with E-state index in [2.05, 4.69) is 0 Å². The van der Waals surface area contributed by atoms with Crippen molar-refractivity contribution in [1.29, 1.82) is 0 Å². The molecule has 1 aromatic rings. The minimum atomic E-state index is -3.46. The average molecular weight is 536 g/mol. The van der Waals surface area contributed by atoms with Crippen molar-refractivity contribution in [3.8, 4) is 0 Å². The molecule has 0 amide bonds. The van der Waals surface area contributed by atoms with Gasteiger partial charge in [-0.25, -0.2) is 0 Å². The number of rotatable bonds is 15. The molecule has 200 valence electrons. The van der Waals surface area contributed by atoms with Gasteiger partial charge in [-0.3, -0.25) is 9.13 Å². The van der Waals surface area contributed by atoms with Gasteiger partial charge in [-0.05, 0) is 39.7 Å². The van der Waals surface area contributed by atoms with Gasteiger partial charge in [0.25, 0.3) is 0 Å². The standard InChI is InChI=1S/C23H38O10P2/c1-6-27-34(5,24)29-14-15-30-35(25,28-7-2)16-13-19-20(26-17-18-11-9-8-10-12-18)21-22(31-19)33-23(3,4)32-21/h8-12,19-22H,6-7,13-17H2,1-5H3/t19-,20+,21?,22-,34?,35?/m1/s1. The fourth-order valence-corrected chi connectivity index (χ4v) is 6.65. The minimum absolute atomic E-state index is 0.0332. The molecule has 6 atom stereocenters.